The normalized spacial score (nSPS) is 17.1. The van der Waals surface area contributed by atoms with Gasteiger partial charge in [0.25, 0.3) is 7.82 Å². The highest BCUT2D eigenvalue weighted by Gasteiger charge is 2.31. The molecular weight excluding hydrogens is 453 g/mol. The number of rotatable bonds is 19. The highest BCUT2D eigenvalue weighted by molar-refractivity contribution is 7.80. The fourth-order valence-corrected chi connectivity index (χ4v) is 4.66. The number of likely N-dealkylation sites (tertiary alicyclic amines) is 1. The van der Waals surface area contributed by atoms with E-state index in [1.807, 2.05) is 0 Å². The summed E-state index contributed by atoms with van der Waals surface area (Å²) in [6, 6.07) is 0. The van der Waals surface area contributed by atoms with Gasteiger partial charge < -0.3 is 29.4 Å². The first kappa shape index (κ1) is 29.4. The number of thiol groups is 1. The van der Waals surface area contributed by atoms with Crippen LogP contribution in [0.5, 0.6) is 0 Å². The van der Waals surface area contributed by atoms with E-state index < -0.39 is 7.82 Å². The van der Waals surface area contributed by atoms with Crippen molar-refractivity contribution in [1.29, 1.82) is 0 Å². The van der Waals surface area contributed by atoms with E-state index in [0.29, 0.717) is 32.5 Å². The van der Waals surface area contributed by atoms with Crippen LogP contribution in [0, 0.1) is 0 Å². The summed E-state index contributed by atoms with van der Waals surface area (Å²) in [6.45, 7) is 4.59. The van der Waals surface area contributed by atoms with Gasteiger partial charge >= 0.3 is 0 Å². The van der Waals surface area contributed by atoms with Crippen molar-refractivity contribution < 1.29 is 32.9 Å². The van der Waals surface area contributed by atoms with Gasteiger partial charge in [0.2, 0.25) is 11.8 Å². The van der Waals surface area contributed by atoms with Crippen LogP contribution in [0.1, 0.15) is 70.6 Å². The van der Waals surface area contributed by atoms with E-state index in [2.05, 4.69) is 27.8 Å². The average Bonchev–Trinajstić information content (AvgIpc) is 3.19. The molecule has 0 spiro atoms. The Morgan fingerprint density at radius 3 is 2.03 bits per heavy atom. The van der Waals surface area contributed by atoms with Gasteiger partial charge in [-0.25, -0.2) is 0 Å². The number of nitrogens with one attached hydrogen (secondary N) is 2. The number of quaternary nitrogens is 1. The van der Waals surface area contributed by atoms with Gasteiger partial charge in [-0.05, 0) is 31.4 Å². The van der Waals surface area contributed by atoms with E-state index in [0.717, 1.165) is 87.7 Å². The zero-order valence-corrected chi connectivity index (χ0v) is 21.1. The maximum absolute atomic E-state index is 12.0. The summed E-state index contributed by atoms with van der Waals surface area (Å²) in [5.41, 5.74) is 0. The molecule has 1 fully saturated rings. The minimum absolute atomic E-state index is 0.0137. The van der Waals surface area contributed by atoms with E-state index in [4.69, 9.17) is 4.89 Å². The molecule has 0 bridgehead atoms. The predicted octanol–water partition coefficient (Wildman–Crippen LogP) is 1.75. The van der Waals surface area contributed by atoms with E-state index in [9.17, 15) is 19.0 Å². The number of carbonyl (C=O) groups excluding carboxylic acids is 2. The number of unbranched alkanes of at least 4 members (excludes halogenated alkanes) is 4. The Balaban J connectivity index is 2.03. The van der Waals surface area contributed by atoms with Crippen molar-refractivity contribution in [3.05, 3.63) is 0 Å². The number of hydrogen-bond donors (Lipinski definition) is 4. The lowest BCUT2D eigenvalue weighted by Gasteiger charge is -2.34. The van der Waals surface area contributed by atoms with Gasteiger partial charge in [-0.2, -0.15) is 12.6 Å². The van der Waals surface area contributed by atoms with Crippen molar-refractivity contribution >= 4 is 32.3 Å². The molecule has 0 saturated carbocycles. The molecule has 0 aromatic carbocycles. The van der Waals surface area contributed by atoms with E-state index in [1.54, 1.807) is 0 Å². The van der Waals surface area contributed by atoms with Crippen LogP contribution in [0.4, 0.5) is 0 Å². The Kier molecular flexibility index (Phi) is 15.5. The Hall–Kier alpha value is -0.640. The molecule has 1 unspecified atom stereocenters. The summed E-state index contributed by atoms with van der Waals surface area (Å²) in [5.74, 6) is 1.01. The lowest BCUT2D eigenvalue weighted by molar-refractivity contribution is -0.916. The molecule has 188 valence electrons. The van der Waals surface area contributed by atoms with Crippen LogP contribution < -0.4 is 15.5 Å². The van der Waals surface area contributed by atoms with Crippen molar-refractivity contribution in [2.75, 3.05) is 51.6 Å². The van der Waals surface area contributed by atoms with Gasteiger partial charge in [0.1, 0.15) is 13.2 Å². The first-order chi connectivity index (χ1) is 15.3. The first-order valence-electron chi connectivity index (χ1n) is 11.9. The molecule has 32 heavy (non-hydrogen) atoms. The topological polar surface area (TPSA) is 128 Å². The lowest BCUT2D eigenvalue weighted by atomic mass is 10.1. The van der Waals surface area contributed by atoms with Crippen LogP contribution in [0.3, 0.4) is 0 Å². The zero-order chi connectivity index (χ0) is 23.7. The lowest BCUT2D eigenvalue weighted by Crippen LogP contribution is -2.49. The molecule has 11 heteroatoms. The van der Waals surface area contributed by atoms with Gasteiger partial charge in [0, 0.05) is 45.2 Å². The molecule has 0 radical (unpaired) electrons. The Bertz CT molecular complexity index is 584. The number of phosphoric acid groups is 1. The summed E-state index contributed by atoms with van der Waals surface area (Å²) < 4.78 is 16.1. The van der Waals surface area contributed by atoms with Crippen LogP contribution in [-0.2, 0) is 18.7 Å². The standard InChI is InChI=1S/C21H42N3O6PS/c25-20(11-4-2-8-19-32)22-12-5-1-3-10-21(26)23-13-9-16-24(14-6-7-15-24)17-18-30-31(27,28)29/h1-19H2,(H4-,22,23,25,26,27,28,29,32). The number of hydrogen-bond acceptors (Lipinski definition) is 6. The molecule has 0 aromatic heterocycles. The summed E-state index contributed by atoms with van der Waals surface area (Å²) in [6.07, 6.45) is 9.64. The summed E-state index contributed by atoms with van der Waals surface area (Å²) in [7, 11) is -4.67. The van der Waals surface area contributed by atoms with Crippen LogP contribution in [0.2, 0.25) is 0 Å². The van der Waals surface area contributed by atoms with Gasteiger partial charge in [-0.3, -0.25) is 14.2 Å². The fourth-order valence-electron chi connectivity index (χ4n) is 4.12. The highest BCUT2D eigenvalue weighted by Crippen LogP contribution is 2.30. The number of amides is 2. The quantitative estimate of drug-likeness (QED) is 0.0936. The molecule has 1 aliphatic heterocycles. The minimum Gasteiger partial charge on any atom is -0.756 e. The second kappa shape index (κ2) is 16.9. The highest BCUT2D eigenvalue weighted by atomic mass is 32.1. The van der Waals surface area contributed by atoms with Crippen molar-refractivity contribution in [3.63, 3.8) is 0 Å². The Morgan fingerprint density at radius 2 is 1.47 bits per heavy atom. The van der Waals surface area contributed by atoms with Crippen molar-refractivity contribution in [3.8, 4) is 0 Å². The van der Waals surface area contributed by atoms with Crippen LogP contribution >= 0.6 is 20.5 Å². The summed E-state index contributed by atoms with van der Waals surface area (Å²) in [4.78, 5) is 43.2. The van der Waals surface area contributed by atoms with Gasteiger partial charge in [-0.15, -0.1) is 0 Å². The zero-order valence-electron chi connectivity index (χ0n) is 19.3. The molecule has 0 aliphatic carbocycles. The number of carbonyl (C=O) groups is 2. The SMILES string of the molecule is O=C(CCCCCS)NCCCCCC(=O)NCCC[N+]1(CCOP(=O)([O-])O)CCCC1. The van der Waals surface area contributed by atoms with Crippen molar-refractivity contribution in [1.82, 2.24) is 10.6 Å². The third-order valence-corrected chi connectivity index (χ3v) is 6.76. The van der Waals surface area contributed by atoms with E-state index >= 15 is 0 Å². The second-order valence-electron chi connectivity index (χ2n) is 8.64. The molecule has 1 rings (SSSR count). The molecule has 1 aliphatic rings. The van der Waals surface area contributed by atoms with Gasteiger partial charge in [0.15, 0.2) is 0 Å². The predicted molar refractivity (Wildman–Crippen MR) is 126 cm³/mol. The molecule has 3 N–H and O–H groups in total. The van der Waals surface area contributed by atoms with Crippen molar-refractivity contribution in [2.45, 2.75) is 70.6 Å². The third-order valence-electron chi connectivity index (χ3n) is 5.93. The summed E-state index contributed by atoms with van der Waals surface area (Å²) >= 11 is 4.16. The second-order valence-corrected chi connectivity index (χ2v) is 10.3. The minimum atomic E-state index is -4.67. The van der Waals surface area contributed by atoms with Crippen molar-refractivity contribution in [2.24, 2.45) is 0 Å². The smallest absolute Gasteiger partial charge is 0.265 e. The fraction of sp³-hybridized carbons (Fsp3) is 0.905. The van der Waals surface area contributed by atoms with E-state index in [1.165, 1.54) is 0 Å². The maximum atomic E-state index is 12.0. The van der Waals surface area contributed by atoms with Gasteiger partial charge in [-0.1, -0.05) is 12.8 Å². The Morgan fingerprint density at radius 1 is 0.906 bits per heavy atom. The molecular formula is C21H42N3O6PS. The molecule has 0 aromatic rings. The molecule has 9 nitrogen and oxygen atoms in total. The molecule has 2 amide bonds. The molecule has 1 heterocycles. The first-order valence-corrected chi connectivity index (χ1v) is 14.1. The number of nitrogens with zero attached hydrogens (tertiary/aromatic N) is 1. The monoisotopic (exact) mass is 495 g/mol. The van der Waals surface area contributed by atoms with Crippen LogP contribution in [-0.4, -0.2) is 72.8 Å². The average molecular weight is 496 g/mol. The van der Waals surface area contributed by atoms with E-state index in [-0.39, 0.29) is 18.4 Å². The third kappa shape index (κ3) is 15.2. The van der Waals surface area contributed by atoms with Crippen LogP contribution in [0.25, 0.3) is 0 Å². The van der Waals surface area contributed by atoms with Crippen LogP contribution in [0.15, 0.2) is 0 Å². The molecule has 1 saturated heterocycles. The Labute approximate surface area is 198 Å². The maximum Gasteiger partial charge on any atom is 0.265 e. The van der Waals surface area contributed by atoms with Gasteiger partial charge in [0.05, 0.1) is 19.6 Å². The largest absolute Gasteiger partial charge is 0.756 e. The number of phosphoric ester groups is 1. The molecule has 1 atom stereocenters. The summed E-state index contributed by atoms with van der Waals surface area (Å²) in [5, 5.41) is 5.88.